The van der Waals surface area contributed by atoms with Gasteiger partial charge in [0.2, 0.25) is 0 Å². The Morgan fingerprint density at radius 3 is 2.89 bits per heavy atom. The zero-order valence-corrected chi connectivity index (χ0v) is 10.3. The number of H-pyrrole nitrogens is 1. The maximum absolute atomic E-state index is 11.2. The summed E-state index contributed by atoms with van der Waals surface area (Å²) in [6, 6.07) is 7.60. The van der Waals surface area contributed by atoms with E-state index in [1.165, 1.54) is 0 Å². The van der Waals surface area contributed by atoms with Crippen LogP contribution in [-0.2, 0) is 6.61 Å². The minimum Gasteiger partial charge on any atom is -0.486 e. The molecule has 0 saturated carbocycles. The molecule has 1 aromatic heterocycles. The molecule has 6 nitrogen and oxygen atoms in total. The molecule has 2 rings (SSSR count). The smallest absolute Gasteiger partial charge is 0.354 e. The molecule has 0 saturated heterocycles. The van der Waals surface area contributed by atoms with Crippen molar-refractivity contribution in [3.8, 4) is 5.75 Å². The monoisotopic (exact) mass is 280 g/mol. The molecule has 0 bridgehead atoms. The Bertz CT molecular complexity index is 669. The lowest BCUT2D eigenvalue weighted by Crippen LogP contribution is -2.17. The quantitative estimate of drug-likeness (QED) is 0.889. The van der Waals surface area contributed by atoms with E-state index in [9.17, 15) is 9.59 Å². The van der Waals surface area contributed by atoms with Crippen LogP contribution in [-0.4, -0.2) is 21.0 Å². The van der Waals surface area contributed by atoms with Crippen LogP contribution < -0.4 is 10.3 Å². The van der Waals surface area contributed by atoms with Gasteiger partial charge in [0.05, 0.1) is 0 Å². The maximum atomic E-state index is 11.2. The minimum absolute atomic E-state index is 0.0588. The SMILES string of the molecule is O=C(O)c1cc(=O)[nH]c(COc2cccc(Cl)c2)n1. The van der Waals surface area contributed by atoms with Crippen LogP contribution in [0.25, 0.3) is 0 Å². The Morgan fingerprint density at radius 2 is 2.21 bits per heavy atom. The summed E-state index contributed by atoms with van der Waals surface area (Å²) in [5, 5.41) is 9.29. The number of ether oxygens (including phenoxy) is 1. The molecular formula is C12H9ClN2O4. The average molecular weight is 281 g/mol. The predicted octanol–water partition coefficient (Wildman–Crippen LogP) is 1.70. The second-order valence-corrected chi connectivity index (χ2v) is 4.06. The van der Waals surface area contributed by atoms with Crippen LogP contribution >= 0.6 is 11.6 Å². The standard InChI is InChI=1S/C12H9ClN2O4/c13-7-2-1-3-8(4-7)19-6-10-14-9(12(17)18)5-11(16)15-10/h1-5H,6H2,(H,17,18)(H,14,15,16). The third-order valence-corrected chi connectivity index (χ3v) is 2.42. The van der Waals surface area contributed by atoms with Crippen molar-refractivity contribution in [1.29, 1.82) is 0 Å². The molecule has 7 heteroatoms. The lowest BCUT2D eigenvalue weighted by molar-refractivity contribution is 0.0689. The molecule has 0 spiro atoms. The summed E-state index contributed by atoms with van der Waals surface area (Å²) < 4.78 is 5.35. The third kappa shape index (κ3) is 3.56. The van der Waals surface area contributed by atoms with Gasteiger partial charge in [0, 0.05) is 11.1 Å². The zero-order valence-electron chi connectivity index (χ0n) is 9.59. The molecule has 19 heavy (non-hydrogen) atoms. The normalized spacial score (nSPS) is 10.2. The lowest BCUT2D eigenvalue weighted by Gasteiger charge is -2.06. The average Bonchev–Trinajstić information content (AvgIpc) is 2.36. The van der Waals surface area contributed by atoms with Gasteiger partial charge in [-0.05, 0) is 18.2 Å². The third-order valence-electron chi connectivity index (χ3n) is 2.18. The topological polar surface area (TPSA) is 92.3 Å². The van der Waals surface area contributed by atoms with Crippen LogP contribution in [0.3, 0.4) is 0 Å². The number of nitrogens with zero attached hydrogens (tertiary/aromatic N) is 1. The van der Waals surface area contributed by atoms with E-state index in [0.717, 1.165) is 6.07 Å². The summed E-state index contributed by atoms with van der Waals surface area (Å²) in [4.78, 5) is 28.2. The Kier molecular flexibility index (Phi) is 3.82. The first-order valence-corrected chi connectivity index (χ1v) is 5.64. The number of hydrogen-bond acceptors (Lipinski definition) is 4. The second kappa shape index (κ2) is 5.53. The molecule has 0 unspecified atom stereocenters. The Hall–Kier alpha value is -2.34. The Morgan fingerprint density at radius 1 is 1.42 bits per heavy atom. The molecule has 0 aliphatic rings. The summed E-state index contributed by atoms with van der Waals surface area (Å²) >= 11 is 5.79. The van der Waals surface area contributed by atoms with Gasteiger partial charge in [0.1, 0.15) is 18.2 Å². The molecule has 1 heterocycles. The summed E-state index contributed by atoms with van der Waals surface area (Å²) in [5.41, 5.74) is -0.870. The fourth-order valence-corrected chi connectivity index (χ4v) is 1.57. The van der Waals surface area contributed by atoms with Crippen molar-refractivity contribution in [3.63, 3.8) is 0 Å². The second-order valence-electron chi connectivity index (χ2n) is 3.63. The van der Waals surface area contributed by atoms with Crippen molar-refractivity contribution >= 4 is 17.6 Å². The Labute approximate surface area is 112 Å². The fraction of sp³-hybridized carbons (Fsp3) is 0.0833. The highest BCUT2D eigenvalue weighted by Gasteiger charge is 2.08. The molecule has 2 aromatic rings. The first-order chi connectivity index (χ1) is 9.04. The van der Waals surface area contributed by atoms with Gasteiger partial charge in [-0.2, -0.15) is 0 Å². The molecule has 98 valence electrons. The summed E-state index contributed by atoms with van der Waals surface area (Å²) in [6.45, 7) is -0.0588. The highest BCUT2D eigenvalue weighted by molar-refractivity contribution is 6.30. The van der Waals surface area contributed by atoms with E-state index in [1.807, 2.05) is 0 Å². The van der Waals surface area contributed by atoms with E-state index >= 15 is 0 Å². The number of halogens is 1. The number of benzene rings is 1. The van der Waals surface area contributed by atoms with Crippen LogP contribution in [0.15, 0.2) is 35.1 Å². The van der Waals surface area contributed by atoms with Gasteiger partial charge in [-0.1, -0.05) is 17.7 Å². The minimum atomic E-state index is -1.27. The summed E-state index contributed by atoms with van der Waals surface area (Å²) in [5.74, 6) is -0.643. The Balaban J connectivity index is 2.15. The molecule has 0 radical (unpaired) electrons. The van der Waals surface area contributed by atoms with Gasteiger partial charge in [-0.15, -0.1) is 0 Å². The highest BCUT2D eigenvalue weighted by atomic mass is 35.5. The molecule has 1 aromatic carbocycles. The molecule has 2 N–H and O–H groups in total. The van der Waals surface area contributed by atoms with Crippen molar-refractivity contribution in [3.05, 3.63) is 57.2 Å². The van der Waals surface area contributed by atoms with Crippen LogP contribution in [0.4, 0.5) is 0 Å². The maximum Gasteiger partial charge on any atom is 0.354 e. The summed E-state index contributed by atoms with van der Waals surface area (Å²) in [7, 11) is 0. The van der Waals surface area contributed by atoms with Crippen LogP contribution in [0.5, 0.6) is 5.75 Å². The van der Waals surface area contributed by atoms with Gasteiger partial charge in [-0.3, -0.25) is 4.79 Å². The fourth-order valence-electron chi connectivity index (χ4n) is 1.39. The molecule has 0 aliphatic carbocycles. The number of carbonyl (C=O) groups is 1. The van der Waals surface area contributed by atoms with Crippen molar-refractivity contribution in [2.24, 2.45) is 0 Å². The first kappa shape index (κ1) is 13.1. The molecule has 0 amide bonds. The molecule has 0 fully saturated rings. The van der Waals surface area contributed by atoms with Crippen molar-refractivity contribution < 1.29 is 14.6 Å². The summed E-state index contributed by atoms with van der Waals surface area (Å²) in [6.07, 6.45) is 0. The molecular weight excluding hydrogens is 272 g/mol. The molecule has 0 aliphatic heterocycles. The van der Waals surface area contributed by atoms with Gasteiger partial charge in [-0.25, -0.2) is 9.78 Å². The van der Waals surface area contributed by atoms with Crippen molar-refractivity contribution in [2.45, 2.75) is 6.61 Å². The van der Waals surface area contributed by atoms with Gasteiger partial charge < -0.3 is 14.8 Å². The van der Waals surface area contributed by atoms with Gasteiger partial charge in [0.15, 0.2) is 5.69 Å². The predicted molar refractivity (Wildman–Crippen MR) is 67.6 cm³/mol. The van der Waals surface area contributed by atoms with E-state index in [2.05, 4.69) is 9.97 Å². The van der Waals surface area contributed by atoms with Crippen LogP contribution in [0, 0.1) is 0 Å². The van der Waals surface area contributed by atoms with Crippen molar-refractivity contribution in [1.82, 2.24) is 9.97 Å². The number of hydrogen-bond donors (Lipinski definition) is 2. The van der Waals surface area contributed by atoms with Crippen LogP contribution in [0.1, 0.15) is 16.3 Å². The first-order valence-electron chi connectivity index (χ1n) is 5.26. The van der Waals surface area contributed by atoms with E-state index in [1.54, 1.807) is 24.3 Å². The zero-order chi connectivity index (χ0) is 13.8. The largest absolute Gasteiger partial charge is 0.486 e. The van der Waals surface area contributed by atoms with Gasteiger partial charge in [0.25, 0.3) is 5.56 Å². The van der Waals surface area contributed by atoms with Crippen LogP contribution in [0.2, 0.25) is 5.02 Å². The van der Waals surface area contributed by atoms with Crippen molar-refractivity contribution in [2.75, 3.05) is 0 Å². The number of aromatic carboxylic acids is 1. The highest BCUT2D eigenvalue weighted by Crippen LogP contribution is 2.17. The number of carboxylic acid groups (broad SMARTS) is 1. The number of carboxylic acids is 1. The lowest BCUT2D eigenvalue weighted by atomic mass is 10.3. The van der Waals surface area contributed by atoms with E-state index < -0.39 is 11.5 Å². The van der Waals surface area contributed by atoms with E-state index in [4.69, 9.17) is 21.4 Å². The molecule has 0 atom stereocenters. The van der Waals surface area contributed by atoms with E-state index in [0.29, 0.717) is 10.8 Å². The number of aromatic amines is 1. The number of aromatic nitrogens is 2. The van der Waals surface area contributed by atoms with Gasteiger partial charge >= 0.3 is 5.97 Å². The number of rotatable bonds is 4. The van der Waals surface area contributed by atoms with E-state index in [-0.39, 0.29) is 18.1 Å². The number of nitrogens with one attached hydrogen (secondary N) is 1.